The molecule has 0 spiro atoms. The normalized spacial score (nSPS) is 19.1. The molecule has 0 unspecified atom stereocenters. The van der Waals surface area contributed by atoms with Gasteiger partial charge in [0, 0.05) is 24.3 Å². The number of ether oxygens (including phenoxy) is 1. The van der Waals surface area contributed by atoms with Gasteiger partial charge in [-0.05, 0) is 62.3 Å². The quantitative estimate of drug-likeness (QED) is 0.468. The van der Waals surface area contributed by atoms with Gasteiger partial charge in [-0.3, -0.25) is 14.0 Å². The fourth-order valence-electron chi connectivity index (χ4n) is 4.15. The first-order valence-electron chi connectivity index (χ1n) is 11.5. The number of anilines is 1. The smallest absolute Gasteiger partial charge is 0.335 e. The van der Waals surface area contributed by atoms with Crippen molar-refractivity contribution in [1.29, 1.82) is 0 Å². The summed E-state index contributed by atoms with van der Waals surface area (Å²) in [5, 5.41) is 12.4. The number of rotatable bonds is 6. The van der Waals surface area contributed by atoms with Gasteiger partial charge in [0.15, 0.2) is 0 Å². The van der Waals surface area contributed by atoms with Crippen molar-refractivity contribution >= 4 is 28.3 Å². The van der Waals surface area contributed by atoms with E-state index in [-0.39, 0.29) is 48.4 Å². The summed E-state index contributed by atoms with van der Waals surface area (Å²) in [6.07, 6.45) is 1.94. The van der Waals surface area contributed by atoms with Crippen molar-refractivity contribution in [3.8, 4) is 5.75 Å². The number of carbonyl (C=O) groups is 2. The molecule has 2 heterocycles. The Morgan fingerprint density at radius 1 is 1.09 bits per heavy atom. The second-order valence-corrected chi connectivity index (χ2v) is 11.2. The number of carboxylic acid groups (broad SMARTS) is 1. The van der Waals surface area contributed by atoms with Gasteiger partial charge in [0.1, 0.15) is 17.7 Å². The van der Waals surface area contributed by atoms with Gasteiger partial charge in [0.25, 0.3) is 0 Å². The summed E-state index contributed by atoms with van der Waals surface area (Å²) in [5.41, 5.74) is 0.510. The van der Waals surface area contributed by atoms with Crippen molar-refractivity contribution in [3.63, 3.8) is 0 Å². The topological polar surface area (TPSA) is 123 Å². The average molecular weight is 508 g/mol. The molecule has 0 radical (unpaired) electrons. The van der Waals surface area contributed by atoms with Gasteiger partial charge in [-0.15, -0.1) is 0 Å². The maximum atomic E-state index is 14.7. The number of piperidine rings is 1. The molecule has 0 aromatic heterocycles. The third-order valence-corrected chi connectivity index (χ3v) is 7.92. The number of hydrogen-bond donors (Lipinski definition) is 4. The summed E-state index contributed by atoms with van der Waals surface area (Å²) in [6.45, 7) is 2.03. The number of carboxylic acids is 1. The minimum Gasteiger partial charge on any atom is -0.490 e. The molecule has 0 atom stereocenters. The Kier molecular flexibility index (Phi) is 7.80. The third-order valence-electron chi connectivity index (χ3n) is 6.24. The second kappa shape index (κ2) is 10.8. The van der Waals surface area contributed by atoms with Gasteiger partial charge in [-0.1, -0.05) is 6.07 Å². The van der Waals surface area contributed by atoms with Gasteiger partial charge >= 0.3 is 12.0 Å². The molecule has 9 nitrogen and oxygen atoms in total. The fraction of sp³-hybridized carbons (Fsp3) is 0.417. The van der Waals surface area contributed by atoms with E-state index in [1.807, 2.05) is 0 Å². The van der Waals surface area contributed by atoms with Crippen molar-refractivity contribution in [1.82, 2.24) is 10.2 Å². The standard InChI is InChI=1S/C24H30FN3O6S/c25-22-15-17(23(29)30)1-2-18(22)16-28(24(31)27-11-13-35(32,33)14-12-27)19-3-5-20(6-4-19)34-21-7-9-26-10-8-21/h1-6,15,21,26,32-33H,7-14,16H2,(H,29,30). The number of nitrogens with zero attached hydrogens (tertiary/aromatic N) is 2. The predicted molar refractivity (Wildman–Crippen MR) is 132 cm³/mol. The molecule has 4 rings (SSSR count). The molecule has 11 heteroatoms. The highest BCUT2D eigenvalue weighted by molar-refractivity contribution is 8.24. The van der Waals surface area contributed by atoms with Crippen molar-refractivity contribution in [2.24, 2.45) is 0 Å². The van der Waals surface area contributed by atoms with Crippen LogP contribution in [0.3, 0.4) is 0 Å². The number of nitrogens with one attached hydrogen (secondary N) is 1. The minimum atomic E-state index is -2.69. The molecular weight excluding hydrogens is 477 g/mol. The first-order valence-corrected chi connectivity index (χ1v) is 13.4. The Morgan fingerprint density at radius 2 is 1.74 bits per heavy atom. The minimum absolute atomic E-state index is 0.0945. The number of halogens is 1. The number of urea groups is 1. The Hall–Kier alpha value is -2.86. The van der Waals surface area contributed by atoms with E-state index in [0.29, 0.717) is 11.4 Å². The second-order valence-electron chi connectivity index (χ2n) is 8.74. The lowest BCUT2D eigenvalue weighted by Crippen LogP contribution is -2.48. The van der Waals surface area contributed by atoms with E-state index < -0.39 is 28.4 Å². The molecule has 4 N–H and O–H groups in total. The monoisotopic (exact) mass is 507 g/mol. The Balaban J connectivity index is 1.56. The lowest BCUT2D eigenvalue weighted by Gasteiger charge is -2.42. The molecule has 35 heavy (non-hydrogen) atoms. The highest BCUT2D eigenvalue weighted by Gasteiger charge is 2.30. The van der Waals surface area contributed by atoms with Gasteiger partial charge in [0.05, 0.1) is 23.6 Å². The van der Waals surface area contributed by atoms with Crippen LogP contribution in [-0.2, 0) is 6.54 Å². The predicted octanol–water partition coefficient (Wildman–Crippen LogP) is 3.85. The van der Waals surface area contributed by atoms with Crippen LogP contribution in [0, 0.1) is 5.82 Å². The zero-order chi connectivity index (χ0) is 25.0. The van der Waals surface area contributed by atoms with Crippen LogP contribution >= 0.6 is 10.6 Å². The first-order chi connectivity index (χ1) is 16.7. The summed E-state index contributed by atoms with van der Waals surface area (Å²) in [5.74, 6) is -1.09. The number of hydrogen-bond acceptors (Lipinski definition) is 6. The molecule has 190 valence electrons. The number of benzene rings is 2. The molecule has 2 amide bonds. The maximum absolute atomic E-state index is 14.7. The molecule has 2 aliphatic rings. The lowest BCUT2D eigenvalue weighted by atomic mass is 10.1. The molecule has 2 fully saturated rings. The van der Waals surface area contributed by atoms with Crippen LogP contribution in [0.1, 0.15) is 28.8 Å². The molecule has 2 aromatic rings. The average Bonchev–Trinajstić information content (AvgIpc) is 2.84. The fourth-order valence-corrected chi connectivity index (χ4v) is 5.38. The number of carbonyl (C=O) groups excluding carboxylic acids is 1. The Morgan fingerprint density at radius 3 is 2.34 bits per heavy atom. The maximum Gasteiger partial charge on any atom is 0.335 e. The molecule has 0 saturated carbocycles. The van der Waals surface area contributed by atoms with Gasteiger partial charge < -0.3 is 20.1 Å². The van der Waals surface area contributed by atoms with E-state index >= 15 is 0 Å². The molecule has 0 aliphatic carbocycles. The zero-order valence-corrected chi connectivity index (χ0v) is 20.0. The van der Waals surface area contributed by atoms with Crippen molar-refractivity contribution in [2.75, 3.05) is 42.6 Å². The molecular formula is C24H30FN3O6S. The van der Waals surface area contributed by atoms with Gasteiger partial charge in [-0.25, -0.2) is 14.0 Å². The van der Waals surface area contributed by atoms with E-state index in [0.717, 1.165) is 32.0 Å². The summed E-state index contributed by atoms with van der Waals surface area (Å²) < 4.78 is 40.6. The van der Waals surface area contributed by atoms with Gasteiger partial charge in [0.2, 0.25) is 0 Å². The molecule has 2 aliphatic heterocycles. The van der Waals surface area contributed by atoms with E-state index in [1.54, 1.807) is 24.3 Å². The van der Waals surface area contributed by atoms with Crippen LogP contribution in [0.15, 0.2) is 42.5 Å². The molecule has 2 aromatic carbocycles. The molecule has 0 bridgehead atoms. The summed E-state index contributed by atoms with van der Waals surface area (Å²) in [4.78, 5) is 27.5. The highest BCUT2D eigenvalue weighted by atomic mass is 32.3. The largest absolute Gasteiger partial charge is 0.490 e. The first kappa shape index (κ1) is 25.2. The van der Waals surface area contributed by atoms with Crippen LogP contribution in [0.2, 0.25) is 0 Å². The van der Waals surface area contributed by atoms with E-state index in [9.17, 15) is 23.1 Å². The lowest BCUT2D eigenvalue weighted by molar-refractivity contribution is 0.0696. The van der Waals surface area contributed by atoms with Gasteiger partial charge in [-0.2, -0.15) is 10.6 Å². The van der Waals surface area contributed by atoms with Crippen LogP contribution in [0.25, 0.3) is 0 Å². The summed E-state index contributed by atoms with van der Waals surface area (Å²) >= 11 is 0. The molecule has 2 saturated heterocycles. The van der Waals surface area contributed by atoms with E-state index in [1.165, 1.54) is 21.9 Å². The van der Waals surface area contributed by atoms with E-state index in [4.69, 9.17) is 9.84 Å². The summed E-state index contributed by atoms with van der Waals surface area (Å²) in [7, 11) is -2.69. The third kappa shape index (κ3) is 6.43. The van der Waals surface area contributed by atoms with Crippen molar-refractivity contribution < 1.29 is 32.9 Å². The van der Waals surface area contributed by atoms with Crippen molar-refractivity contribution in [2.45, 2.75) is 25.5 Å². The van der Waals surface area contributed by atoms with Crippen LogP contribution in [0.5, 0.6) is 5.75 Å². The Bertz CT molecular complexity index is 1050. The Labute approximate surface area is 204 Å². The number of amides is 2. The zero-order valence-electron chi connectivity index (χ0n) is 19.2. The van der Waals surface area contributed by atoms with Crippen LogP contribution < -0.4 is 15.0 Å². The SMILES string of the molecule is O=C(O)c1ccc(CN(C(=O)N2CCS(O)(O)CC2)c2ccc(OC3CCNCC3)cc2)c(F)c1. The van der Waals surface area contributed by atoms with Crippen LogP contribution in [-0.4, -0.2) is 74.9 Å². The highest BCUT2D eigenvalue weighted by Crippen LogP contribution is 2.40. The van der Waals surface area contributed by atoms with Crippen LogP contribution in [0.4, 0.5) is 14.9 Å². The number of aromatic carboxylic acids is 1. The van der Waals surface area contributed by atoms with Crippen molar-refractivity contribution in [3.05, 3.63) is 59.4 Å². The summed E-state index contributed by atoms with van der Waals surface area (Å²) in [6, 6.07) is 10.2. The van der Waals surface area contributed by atoms with E-state index in [2.05, 4.69) is 5.32 Å².